The van der Waals surface area contributed by atoms with E-state index in [1.54, 1.807) is 24.3 Å². The molecular weight excluding hydrogens is 376 g/mol. The zero-order valence-corrected chi connectivity index (χ0v) is 16.2. The molecule has 1 heterocycles. The van der Waals surface area contributed by atoms with Gasteiger partial charge in [0.25, 0.3) is 10.0 Å². The van der Waals surface area contributed by atoms with Crippen molar-refractivity contribution in [3.05, 3.63) is 66.2 Å². The van der Waals surface area contributed by atoms with Gasteiger partial charge in [0.2, 0.25) is 5.91 Å². The maximum Gasteiger partial charge on any atom is 0.265 e. The van der Waals surface area contributed by atoms with Crippen molar-refractivity contribution in [1.29, 1.82) is 0 Å². The number of rotatable bonds is 6. The molecule has 28 heavy (non-hydrogen) atoms. The van der Waals surface area contributed by atoms with Crippen LogP contribution in [-0.2, 0) is 14.8 Å². The Morgan fingerprint density at radius 3 is 2.61 bits per heavy atom. The Labute approximate surface area is 163 Å². The SMILES string of the molecule is Cc1cccc(OCCNC(=O)CN2c3cccc4cccc(c34)S2(=O)=O)c1. The fourth-order valence-electron chi connectivity index (χ4n) is 3.38. The number of anilines is 1. The molecule has 3 aromatic rings. The minimum Gasteiger partial charge on any atom is -0.492 e. The fraction of sp³-hybridized carbons (Fsp3) is 0.190. The quantitative estimate of drug-likeness (QED) is 0.650. The second-order valence-corrected chi connectivity index (χ2v) is 8.49. The maximum absolute atomic E-state index is 12.9. The lowest BCUT2D eigenvalue weighted by Gasteiger charge is -2.18. The van der Waals surface area contributed by atoms with E-state index in [1.807, 2.05) is 43.3 Å². The third-order valence-electron chi connectivity index (χ3n) is 4.65. The number of aryl methyl sites for hydroxylation is 1. The summed E-state index contributed by atoms with van der Waals surface area (Å²) in [5, 5.41) is 4.23. The molecule has 0 saturated carbocycles. The van der Waals surface area contributed by atoms with E-state index >= 15 is 0 Å². The Morgan fingerprint density at radius 2 is 1.82 bits per heavy atom. The molecule has 0 fully saturated rings. The lowest BCUT2D eigenvalue weighted by molar-refractivity contribution is -0.119. The lowest BCUT2D eigenvalue weighted by atomic mass is 10.1. The van der Waals surface area contributed by atoms with E-state index in [0.717, 1.165) is 16.7 Å². The van der Waals surface area contributed by atoms with Gasteiger partial charge in [0.05, 0.1) is 17.1 Å². The zero-order valence-electron chi connectivity index (χ0n) is 15.4. The van der Waals surface area contributed by atoms with E-state index in [1.165, 1.54) is 4.31 Å². The summed E-state index contributed by atoms with van der Waals surface area (Å²) in [6.45, 7) is 2.31. The van der Waals surface area contributed by atoms with E-state index < -0.39 is 10.0 Å². The largest absolute Gasteiger partial charge is 0.492 e. The van der Waals surface area contributed by atoms with Crippen LogP contribution in [0.15, 0.2) is 65.6 Å². The molecule has 7 heteroatoms. The van der Waals surface area contributed by atoms with Gasteiger partial charge in [-0.15, -0.1) is 0 Å². The molecule has 0 bridgehead atoms. The molecule has 3 aromatic carbocycles. The highest BCUT2D eigenvalue weighted by Crippen LogP contribution is 2.41. The Balaban J connectivity index is 1.41. The van der Waals surface area contributed by atoms with Gasteiger partial charge >= 0.3 is 0 Å². The predicted molar refractivity (Wildman–Crippen MR) is 108 cm³/mol. The van der Waals surface area contributed by atoms with Crippen LogP contribution >= 0.6 is 0 Å². The summed E-state index contributed by atoms with van der Waals surface area (Å²) >= 11 is 0. The number of nitrogens with zero attached hydrogens (tertiary/aromatic N) is 1. The molecule has 0 aromatic heterocycles. The first-order chi connectivity index (χ1) is 13.5. The van der Waals surface area contributed by atoms with Crippen LogP contribution in [0.5, 0.6) is 5.75 Å². The first-order valence-electron chi connectivity index (χ1n) is 8.97. The smallest absolute Gasteiger partial charge is 0.265 e. The molecule has 0 radical (unpaired) electrons. The van der Waals surface area contributed by atoms with Crippen molar-refractivity contribution < 1.29 is 17.9 Å². The number of hydrogen-bond acceptors (Lipinski definition) is 4. The molecule has 1 N–H and O–H groups in total. The summed E-state index contributed by atoms with van der Waals surface area (Å²) in [4.78, 5) is 12.6. The van der Waals surface area contributed by atoms with Crippen molar-refractivity contribution in [2.24, 2.45) is 0 Å². The van der Waals surface area contributed by atoms with Gasteiger partial charge < -0.3 is 10.1 Å². The normalized spacial score (nSPS) is 14.2. The minimum absolute atomic E-state index is 0.246. The first kappa shape index (κ1) is 18.3. The van der Waals surface area contributed by atoms with Crippen molar-refractivity contribution in [3.63, 3.8) is 0 Å². The number of amides is 1. The van der Waals surface area contributed by atoms with Gasteiger partial charge in [0.1, 0.15) is 18.9 Å². The summed E-state index contributed by atoms with van der Waals surface area (Å²) in [6, 6.07) is 18.2. The molecule has 1 amide bonds. The predicted octanol–water partition coefficient (Wildman–Crippen LogP) is 2.85. The van der Waals surface area contributed by atoms with Gasteiger partial charge in [-0.2, -0.15) is 0 Å². The number of benzene rings is 3. The van der Waals surface area contributed by atoms with Gasteiger partial charge in [0.15, 0.2) is 0 Å². The van der Waals surface area contributed by atoms with Crippen LogP contribution in [0, 0.1) is 6.92 Å². The highest BCUT2D eigenvalue weighted by atomic mass is 32.2. The van der Waals surface area contributed by atoms with Gasteiger partial charge in [-0.05, 0) is 42.1 Å². The fourth-order valence-corrected chi connectivity index (χ4v) is 5.05. The first-order valence-corrected chi connectivity index (χ1v) is 10.4. The van der Waals surface area contributed by atoms with Crippen LogP contribution in [0.25, 0.3) is 10.8 Å². The van der Waals surface area contributed by atoms with E-state index in [0.29, 0.717) is 17.7 Å². The van der Waals surface area contributed by atoms with Crippen LogP contribution in [-0.4, -0.2) is 34.0 Å². The Bertz CT molecular complexity index is 1150. The van der Waals surface area contributed by atoms with Crippen LogP contribution in [0.2, 0.25) is 0 Å². The highest BCUT2D eigenvalue weighted by Gasteiger charge is 2.36. The molecule has 0 saturated heterocycles. The number of ether oxygens (including phenoxy) is 1. The van der Waals surface area contributed by atoms with E-state index in [2.05, 4.69) is 5.32 Å². The average Bonchev–Trinajstić information content (AvgIpc) is 2.89. The molecule has 144 valence electrons. The Hall–Kier alpha value is -3.06. The van der Waals surface area contributed by atoms with Crippen molar-refractivity contribution in [1.82, 2.24) is 5.32 Å². The third-order valence-corrected chi connectivity index (χ3v) is 6.45. The summed E-state index contributed by atoms with van der Waals surface area (Å²) in [7, 11) is -3.73. The minimum atomic E-state index is -3.73. The molecule has 0 aliphatic carbocycles. The van der Waals surface area contributed by atoms with E-state index in [-0.39, 0.29) is 23.9 Å². The molecule has 0 spiro atoms. The van der Waals surface area contributed by atoms with E-state index in [4.69, 9.17) is 4.74 Å². The summed E-state index contributed by atoms with van der Waals surface area (Å²) < 4.78 is 32.5. The van der Waals surface area contributed by atoms with Crippen LogP contribution in [0.1, 0.15) is 5.56 Å². The molecular formula is C21H20N2O4S. The molecule has 1 aliphatic rings. The molecule has 4 rings (SSSR count). The average molecular weight is 396 g/mol. The Morgan fingerprint density at radius 1 is 1.07 bits per heavy atom. The zero-order chi connectivity index (χ0) is 19.7. The van der Waals surface area contributed by atoms with Gasteiger partial charge in [-0.3, -0.25) is 9.10 Å². The summed E-state index contributed by atoms with van der Waals surface area (Å²) in [6.07, 6.45) is 0. The van der Waals surface area contributed by atoms with Gasteiger partial charge in [-0.25, -0.2) is 8.42 Å². The maximum atomic E-state index is 12.9. The molecule has 1 aliphatic heterocycles. The second kappa shape index (κ2) is 7.16. The summed E-state index contributed by atoms with van der Waals surface area (Å²) in [5.41, 5.74) is 1.63. The third kappa shape index (κ3) is 3.29. The second-order valence-electron chi connectivity index (χ2n) is 6.66. The number of hydrogen-bond donors (Lipinski definition) is 1. The number of sulfonamides is 1. The van der Waals surface area contributed by atoms with Crippen LogP contribution in [0.3, 0.4) is 0 Å². The standard InChI is InChI=1S/C21H20N2O4S/c1-15-5-2-8-17(13-15)27-12-11-22-20(24)14-23-18-9-3-6-16-7-4-10-19(21(16)18)28(23,25)26/h2-10,13H,11-12,14H2,1H3,(H,22,24). The van der Waals surface area contributed by atoms with Crippen molar-refractivity contribution in [2.45, 2.75) is 11.8 Å². The summed E-state index contributed by atoms with van der Waals surface area (Å²) in [5.74, 6) is 0.361. The van der Waals surface area contributed by atoms with Crippen molar-refractivity contribution >= 4 is 32.4 Å². The number of carbonyl (C=O) groups is 1. The van der Waals surface area contributed by atoms with Crippen molar-refractivity contribution in [2.75, 3.05) is 24.0 Å². The Kier molecular flexibility index (Phi) is 4.68. The highest BCUT2D eigenvalue weighted by molar-refractivity contribution is 7.93. The molecule has 6 nitrogen and oxygen atoms in total. The number of carbonyl (C=O) groups excluding carboxylic acids is 1. The van der Waals surface area contributed by atoms with Gasteiger partial charge in [-0.1, -0.05) is 36.4 Å². The topological polar surface area (TPSA) is 75.7 Å². The lowest BCUT2D eigenvalue weighted by Crippen LogP contribution is -2.40. The monoisotopic (exact) mass is 396 g/mol. The van der Waals surface area contributed by atoms with Crippen LogP contribution in [0.4, 0.5) is 5.69 Å². The van der Waals surface area contributed by atoms with Gasteiger partial charge in [0, 0.05) is 5.39 Å². The van der Waals surface area contributed by atoms with Crippen LogP contribution < -0.4 is 14.4 Å². The number of nitrogens with one attached hydrogen (secondary N) is 1. The van der Waals surface area contributed by atoms with E-state index in [9.17, 15) is 13.2 Å². The molecule has 0 atom stereocenters. The molecule has 0 unspecified atom stereocenters. The van der Waals surface area contributed by atoms with Crippen molar-refractivity contribution in [3.8, 4) is 5.75 Å².